The van der Waals surface area contributed by atoms with E-state index < -0.39 is 0 Å². The largest absolute Gasteiger partial charge is 0.493 e. The Balaban J connectivity index is 2.98. The molecule has 3 nitrogen and oxygen atoms in total. The maximum Gasteiger partial charge on any atom is 0.123 e. The van der Waals surface area contributed by atoms with E-state index in [0.717, 1.165) is 25.2 Å². The molecule has 0 aliphatic rings. The summed E-state index contributed by atoms with van der Waals surface area (Å²) in [6.07, 6.45) is 2.03. The maximum atomic E-state index is 5.92. The van der Waals surface area contributed by atoms with Crippen molar-refractivity contribution in [1.82, 2.24) is 0 Å². The Morgan fingerprint density at radius 3 is 2.27 bits per heavy atom. The molecule has 1 aromatic rings. The molecular weight excluding hydrogens is 272 g/mol. The summed E-state index contributed by atoms with van der Waals surface area (Å²) in [4.78, 5) is 0. The summed E-state index contributed by atoms with van der Waals surface area (Å²) >= 11 is 0. The fourth-order valence-electron chi connectivity index (χ4n) is 2.73. The number of rotatable bonds is 8. The summed E-state index contributed by atoms with van der Waals surface area (Å²) in [6.45, 7) is 13.1. The first-order valence-corrected chi connectivity index (χ1v) is 8.49. The zero-order chi connectivity index (χ0) is 16.8. The first-order chi connectivity index (χ1) is 10.3. The Morgan fingerprint density at radius 1 is 1.14 bits per heavy atom. The molecule has 1 rings (SSSR count). The van der Waals surface area contributed by atoms with E-state index in [1.165, 1.54) is 11.1 Å². The molecular formula is C19H34N2O. The lowest BCUT2D eigenvalue weighted by atomic mass is 9.83. The number of benzene rings is 1. The summed E-state index contributed by atoms with van der Waals surface area (Å²) in [7, 11) is 0. The van der Waals surface area contributed by atoms with Crippen LogP contribution in [0.2, 0.25) is 0 Å². The van der Waals surface area contributed by atoms with E-state index in [2.05, 4.69) is 52.8 Å². The number of nitrogens with two attached hydrogens (primary N) is 2. The number of hydrogen-bond acceptors (Lipinski definition) is 3. The fourth-order valence-corrected chi connectivity index (χ4v) is 2.73. The molecule has 0 radical (unpaired) electrons. The van der Waals surface area contributed by atoms with Gasteiger partial charge in [0.1, 0.15) is 5.75 Å². The quantitative estimate of drug-likeness (QED) is 0.773. The zero-order valence-electron chi connectivity index (χ0n) is 15.0. The summed E-state index contributed by atoms with van der Waals surface area (Å²) in [5.74, 6) is 1.89. The Hall–Kier alpha value is -1.06. The first-order valence-electron chi connectivity index (χ1n) is 8.49. The molecule has 3 heteroatoms. The number of ether oxygens (including phenoxy) is 1. The average Bonchev–Trinajstić information content (AvgIpc) is 2.46. The van der Waals surface area contributed by atoms with Crippen LogP contribution in [0.15, 0.2) is 18.2 Å². The number of hydrogen-bond donors (Lipinski definition) is 2. The van der Waals surface area contributed by atoms with Gasteiger partial charge >= 0.3 is 0 Å². The third kappa shape index (κ3) is 5.29. The molecule has 1 unspecified atom stereocenters. The van der Waals surface area contributed by atoms with Crippen LogP contribution in [0.1, 0.15) is 52.2 Å². The van der Waals surface area contributed by atoms with Crippen LogP contribution in [0.25, 0.3) is 0 Å². The molecule has 126 valence electrons. The van der Waals surface area contributed by atoms with Crippen molar-refractivity contribution >= 4 is 0 Å². The van der Waals surface area contributed by atoms with Gasteiger partial charge in [-0.3, -0.25) is 0 Å². The van der Waals surface area contributed by atoms with E-state index in [4.69, 9.17) is 16.2 Å². The molecule has 0 aromatic heterocycles. The molecule has 22 heavy (non-hydrogen) atoms. The van der Waals surface area contributed by atoms with Crippen molar-refractivity contribution < 1.29 is 4.74 Å². The predicted molar refractivity (Wildman–Crippen MR) is 95.4 cm³/mol. The summed E-state index contributed by atoms with van der Waals surface area (Å²) in [5.41, 5.74) is 14.3. The van der Waals surface area contributed by atoms with Crippen molar-refractivity contribution in [2.24, 2.45) is 23.3 Å². The summed E-state index contributed by atoms with van der Waals surface area (Å²) < 4.78 is 5.92. The van der Waals surface area contributed by atoms with Crippen molar-refractivity contribution in [2.45, 2.75) is 52.9 Å². The minimum absolute atomic E-state index is 0.0729. The highest BCUT2D eigenvalue weighted by atomic mass is 16.5. The Kier molecular flexibility index (Phi) is 7.37. The smallest absolute Gasteiger partial charge is 0.123 e. The van der Waals surface area contributed by atoms with Gasteiger partial charge in [0.05, 0.1) is 6.61 Å². The van der Waals surface area contributed by atoms with Gasteiger partial charge < -0.3 is 16.2 Å². The zero-order valence-corrected chi connectivity index (χ0v) is 15.0. The van der Waals surface area contributed by atoms with Crippen LogP contribution in [0.3, 0.4) is 0 Å². The third-order valence-corrected chi connectivity index (χ3v) is 4.28. The monoisotopic (exact) mass is 306 g/mol. The van der Waals surface area contributed by atoms with Crippen LogP contribution in [-0.4, -0.2) is 19.7 Å². The molecule has 0 spiro atoms. The van der Waals surface area contributed by atoms with Crippen molar-refractivity contribution in [1.29, 1.82) is 0 Å². The second-order valence-corrected chi connectivity index (χ2v) is 7.34. The highest BCUT2D eigenvalue weighted by Crippen LogP contribution is 2.33. The van der Waals surface area contributed by atoms with Crippen LogP contribution in [-0.2, 0) is 11.8 Å². The van der Waals surface area contributed by atoms with Crippen molar-refractivity contribution in [3.05, 3.63) is 29.3 Å². The highest BCUT2D eigenvalue weighted by Gasteiger charge is 2.21. The molecule has 0 heterocycles. The summed E-state index contributed by atoms with van der Waals surface area (Å²) in [6, 6.07) is 6.60. The lowest BCUT2D eigenvalue weighted by Gasteiger charge is -2.25. The van der Waals surface area contributed by atoms with Gasteiger partial charge in [-0.25, -0.2) is 0 Å². The molecule has 0 saturated carbocycles. The SMILES string of the molecule is CCCOc1ccc(CC(C)C(CN)CN)cc1C(C)(C)C. The van der Waals surface area contributed by atoms with Crippen LogP contribution < -0.4 is 16.2 Å². The molecule has 1 atom stereocenters. The van der Waals surface area contributed by atoms with Crippen LogP contribution in [0.4, 0.5) is 0 Å². The standard InChI is InChI=1S/C19H34N2O/c1-6-9-22-18-8-7-15(11-17(18)19(3,4)5)10-14(2)16(12-20)13-21/h7-8,11,14,16H,6,9-10,12-13,20-21H2,1-5H3. The third-order valence-electron chi connectivity index (χ3n) is 4.28. The van der Waals surface area contributed by atoms with Gasteiger partial charge in [0.15, 0.2) is 0 Å². The van der Waals surface area contributed by atoms with Gasteiger partial charge in [0.25, 0.3) is 0 Å². The normalized spacial score (nSPS) is 13.5. The topological polar surface area (TPSA) is 61.3 Å². The Labute approximate surface area is 136 Å². The molecule has 0 fully saturated rings. The van der Waals surface area contributed by atoms with Gasteiger partial charge in [0.2, 0.25) is 0 Å². The summed E-state index contributed by atoms with van der Waals surface area (Å²) in [5, 5.41) is 0. The Morgan fingerprint density at radius 2 is 1.77 bits per heavy atom. The molecule has 0 aliphatic carbocycles. The minimum atomic E-state index is 0.0729. The lowest BCUT2D eigenvalue weighted by molar-refractivity contribution is 0.308. The average molecular weight is 306 g/mol. The van der Waals surface area contributed by atoms with Crippen molar-refractivity contribution in [3.8, 4) is 5.75 Å². The predicted octanol–water partition coefficient (Wildman–Crippen LogP) is 3.49. The van der Waals surface area contributed by atoms with Crippen LogP contribution >= 0.6 is 0 Å². The second kappa shape index (κ2) is 8.54. The van der Waals surface area contributed by atoms with Crippen molar-refractivity contribution in [2.75, 3.05) is 19.7 Å². The molecule has 0 saturated heterocycles. The van der Waals surface area contributed by atoms with E-state index >= 15 is 0 Å². The molecule has 0 aliphatic heterocycles. The van der Waals surface area contributed by atoms with Crippen LogP contribution in [0.5, 0.6) is 5.75 Å². The molecule has 1 aromatic carbocycles. The van der Waals surface area contributed by atoms with E-state index in [9.17, 15) is 0 Å². The van der Waals surface area contributed by atoms with Gasteiger partial charge in [-0.05, 0) is 60.4 Å². The highest BCUT2D eigenvalue weighted by molar-refractivity contribution is 5.41. The lowest BCUT2D eigenvalue weighted by Crippen LogP contribution is -2.30. The van der Waals surface area contributed by atoms with E-state index in [0.29, 0.717) is 24.9 Å². The Bertz CT molecular complexity index is 447. The second-order valence-electron chi connectivity index (χ2n) is 7.34. The molecule has 0 bridgehead atoms. The van der Waals surface area contributed by atoms with Crippen molar-refractivity contribution in [3.63, 3.8) is 0 Å². The van der Waals surface area contributed by atoms with Gasteiger partial charge in [-0.2, -0.15) is 0 Å². The fraction of sp³-hybridized carbons (Fsp3) is 0.684. The first kappa shape index (κ1) is 19.0. The van der Waals surface area contributed by atoms with E-state index in [-0.39, 0.29) is 5.41 Å². The van der Waals surface area contributed by atoms with E-state index in [1.807, 2.05) is 0 Å². The van der Waals surface area contributed by atoms with Crippen LogP contribution in [0, 0.1) is 11.8 Å². The van der Waals surface area contributed by atoms with Gasteiger partial charge in [-0.1, -0.05) is 46.8 Å². The van der Waals surface area contributed by atoms with Gasteiger partial charge in [0, 0.05) is 0 Å². The van der Waals surface area contributed by atoms with E-state index in [1.54, 1.807) is 0 Å². The molecule has 0 amide bonds. The minimum Gasteiger partial charge on any atom is -0.493 e. The van der Waals surface area contributed by atoms with Gasteiger partial charge in [-0.15, -0.1) is 0 Å². The molecule has 4 N–H and O–H groups in total. The maximum absolute atomic E-state index is 5.92.